The van der Waals surface area contributed by atoms with Gasteiger partial charge in [0.25, 0.3) is 0 Å². The first-order chi connectivity index (χ1) is 6.63. The van der Waals surface area contributed by atoms with Gasteiger partial charge in [-0.05, 0) is 30.9 Å². The van der Waals surface area contributed by atoms with Crippen LogP contribution in [0.1, 0.15) is 19.8 Å². The van der Waals surface area contributed by atoms with E-state index in [4.69, 9.17) is 0 Å². The quantitative estimate of drug-likeness (QED) is 0.767. The molecule has 0 atom stereocenters. The number of rotatable bonds is 2. The number of halogens is 2. The molecule has 0 amide bonds. The van der Waals surface area contributed by atoms with Gasteiger partial charge in [0.2, 0.25) is 0 Å². The minimum absolute atomic E-state index is 0.381. The lowest BCUT2D eigenvalue weighted by atomic mass is 9.82. The molecule has 3 heteroatoms. The van der Waals surface area contributed by atoms with E-state index in [9.17, 15) is 8.78 Å². The molecule has 1 saturated carbocycles. The summed E-state index contributed by atoms with van der Waals surface area (Å²) in [5.41, 5.74) is 0.541. The fraction of sp³-hybridized carbons (Fsp3) is 0.455. The van der Waals surface area contributed by atoms with Crippen LogP contribution in [-0.4, -0.2) is 6.04 Å². The number of anilines is 1. The molecule has 0 aliphatic heterocycles. The van der Waals surface area contributed by atoms with Crippen molar-refractivity contribution < 1.29 is 8.78 Å². The third kappa shape index (κ3) is 2.03. The van der Waals surface area contributed by atoms with E-state index < -0.39 is 11.6 Å². The Morgan fingerprint density at radius 1 is 1.14 bits per heavy atom. The van der Waals surface area contributed by atoms with Gasteiger partial charge in [0.15, 0.2) is 0 Å². The van der Waals surface area contributed by atoms with Gasteiger partial charge in [-0.3, -0.25) is 0 Å². The van der Waals surface area contributed by atoms with Crippen molar-refractivity contribution in [2.45, 2.75) is 25.8 Å². The fourth-order valence-corrected chi connectivity index (χ4v) is 1.89. The average Bonchev–Trinajstić information content (AvgIpc) is 1.99. The Balaban J connectivity index is 2.02. The number of hydrogen-bond donors (Lipinski definition) is 1. The van der Waals surface area contributed by atoms with E-state index in [1.165, 1.54) is 12.1 Å². The van der Waals surface area contributed by atoms with Crippen molar-refractivity contribution in [3.8, 4) is 0 Å². The van der Waals surface area contributed by atoms with Crippen LogP contribution in [0.5, 0.6) is 0 Å². The van der Waals surface area contributed by atoms with Crippen LogP contribution in [0.25, 0.3) is 0 Å². The topological polar surface area (TPSA) is 12.0 Å². The molecular weight excluding hydrogens is 184 g/mol. The summed E-state index contributed by atoms with van der Waals surface area (Å²) in [5, 5.41) is 3.11. The zero-order chi connectivity index (χ0) is 10.1. The predicted octanol–water partition coefficient (Wildman–Crippen LogP) is 3.18. The van der Waals surface area contributed by atoms with Gasteiger partial charge >= 0.3 is 0 Å². The van der Waals surface area contributed by atoms with E-state index in [1.54, 1.807) is 0 Å². The Morgan fingerprint density at radius 3 is 2.21 bits per heavy atom. The minimum Gasteiger partial charge on any atom is -0.382 e. The molecule has 0 unspecified atom stereocenters. The van der Waals surface area contributed by atoms with Crippen LogP contribution >= 0.6 is 0 Å². The summed E-state index contributed by atoms with van der Waals surface area (Å²) in [7, 11) is 0. The lowest BCUT2D eigenvalue weighted by Crippen LogP contribution is -2.33. The first-order valence-corrected chi connectivity index (χ1v) is 4.86. The zero-order valence-corrected chi connectivity index (χ0v) is 8.06. The summed E-state index contributed by atoms with van der Waals surface area (Å²) in [6.45, 7) is 2.17. The van der Waals surface area contributed by atoms with Gasteiger partial charge in [-0.15, -0.1) is 0 Å². The van der Waals surface area contributed by atoms with Gasteiger partial charge in [-0.2, -0.15) is 0 Å². The van der Waals surface area contributed by atoms with Crippen molar-refractivity contribution in [3.63, 3.8) is 0 Å². The fourth-order valence-electron chi connectivity index (χ4n) is 1.89. The Bertz CT molecular complexity index is 312. The SMILES string of the molecule is CC1CC(Nc2cc(F)cc(F)c2)C1. The lowest BCUT2D eigenvalue weighted by Gasteiger charge is -2.34. The van der Waals surface area contributed by atoms with Gasteiger partial charge in [-0.1, -0.05) is 6.92 Å². The van der Waals surface area contributed by atoms with Crippen LogP contribution in [-0.2, 0) is 0 Å². The third-order valence-electron chi connectivity index (χ3n) is 2.61. The maximum absolute atomic E-state index is 12.8. The molecule has 0 bridgehead atoms. The van der Waals surface area contributed by atoms with E-state index >= 15 is 0 Å². The highest BCUT2D eigenvalue weighted by molar-refractivity contribution is 5.45. The van der Waals surface area contributed by atoms with Crippen LogP contribution in [0.15, 0.2) is 18.2 Å². The summed E-state index contributed by atoms with van der Waals surface area (Å²) in [6, 6.07) is 3.92. The molecule has 0 saturated heterocycles. The maximum atomic E-state index is 12.8. The molecule has 0 spiro atoms. The summed E-state index contributed by atoms with van der Waals surface area (Å²) < 4.78 is 25.6. The van der Waals surface area contributed by atoms with E-state index in [1.807, 2.05) is 0 Å². The normalized spacial score (nSPS) is 25.6. The molecule has 1 aromatic carbocycles. The molecule has 1 aliphatic carbocycles. The number of benzene rings is 1. The third-order valence-corrected chi connectivity index (χ3v) is 2.61. The van der Waals surface area contributed by atoms with Crippen molar-refractivity contribution in [2.75, 3.05) is 5.32 Å². The maximum Gasteiger partial charge on any atom is 0.128 e. The van der Waals surface area contributed by atoms with Crippen molar-refractivity contribution in [2.24, 2.45) is 5.92 Å². The summed E-state index contributed by atoms with van der Waals surface area (Å²) in [5.74, 6) is -0.328. The highest BCUT2D eigenvalue weighted by atomic mass is 19.1. The van der Waals surface area contributed by atoms with Crippen molar-refractivity contribution in [3.05, 3.63) is 29.8 Å². The Kier molecular flexibility index (Phi) is 2.40. The molecular formula is C11H13F2N. The van der Waals surface area contributed by atoms with E-state index in [0.717, 1.165) is 24.8 Å². The second-order valence-corrected chi connectivity index (χ2v) is 4.08. The smallest absolute Gasteiger partial charge is 0.128 e. The molecule has 0 heterocycles. The highest BCUT2D eigenvalue weighted by Gasteiger charge is 2.24. The molecule has 1 N–H and O–H groups in total. The molecule has 1 fully saturated rings. The van der Waals surface area contributed by atoms with E-state index in [2.05, 4.69) is 12.2 Å². The second kappa shape index (κ2) is 3.56. The Hall–Kier alpha value is -1.12. The zero-order valence-electron chi connectivity index (χ0n) is 8.06. The van der Waals surface area contributed by atoms with Crippen LogP contribution in [0.2, 0.25) is 0 Å². The average molecular weight is 197 g/mol. The van der Waals surface area contributed by atoms with Gasteiger partial charge in [0.05, 0.1) is 0 Å². The van der Waals surface area contributed by atoms with Crippen LogP contribution < -0.4 is 5.32 Å². The molecule has 14 heavy (non-hydrogen) atoms. The van der Waals surface area contributed by atoms with Crippen LogP contribution in [0.4, 0.5) is 14.5 Å². The summed E-state index contributed by atoms with van der Waals surface area (Å²) in [6.07, 6.45) is 2.16. The standard InChI is InChI=1S/C11H13F2N/c1-7-2-10(3-7)14-11-5-8(12)4-9(13)6-11/h4-7,10,14H,2-3H2,1H3. The Morgan fingerprint density at radius 2 is 1.71 bits per heavy atom. The number of hydrogen-bond acceptors (Lipinski definition) is 1. The number of nitrogens with one attached hydrogen (secondary N) is 1. The second-order valence-electron chi connectivity index (χ2n) is 4.08. The van der Waals surface area contributed by atoms with Gasteiger partial charge < -0.3 is 5.32 Å². The summed E-state index contributed by atoms with van der Waals surface area (Å²) in [4.78, 5) is 0. The molecule has 76 valence electrons. The van der Waals surface area contributed by atoms with E-state index in [-0.39, 0.29) is 0 Å². The molecule has 0 aromatic heterocycles. The lowest BCUT2D eigenvalue weighted by molar-refractivity contribution is 0.309. The first kappa shape index (κ1) is 9.44. The molecule has 0 radical (unpaired) electrons. The Labute approximate surface area is 82.1 Å². The monoisotopic (exact) mass is 197 g/mol. The van der Waals surface area contributed by atoms with Crippen molar-refractivity contribution in [1.29, 1.82) is 0 Å². The molecule has 1 nitrogen and oxygen atoms in total. The molecule has 1 aliphatic rings. The van der Waals surface area contributed by atoms with Gasteiger partial charge in [0, 0.05) is 17.8 Å². The largest absolute Gasteiger partial charge is 0.382 e. The van der Waals surface area contributed by atoms with Crippen LogP contribution in [0, 0.1) is 17.6 Å². The van der Waals surface area contributed by atoms with E-state index in [0.29, 0.717) is 11.7 Å². The molecule has 1 aromatic rings. The van der Waals surface area contributed by atoms with Crippen LogP contribution in [0.3, 0.4) is 0 Å². The van der Waals surface area contributed by atoms with Gasteiger partial charge in [-0.25, -0.2) is 8.78 Å². The molecule has 2 rings (SSSR count). The predicted molar refractivity (Wildman–Crippen MR) is 52.2 cm³/mol. The summed E-state index contributed by atoms with van der Waals surface area (Å²) >= 11 is 0. The minimum atomic E-state index is -0.528. The van der Waals surface area contributed by atoms with Crippen molar-refractivity contribution >= 4 is 5.69 Å². The van der Waals surface area contributed by atoms with Gasteiger partial charge in [0.1, 0.15) is 11.6 Å². The first-order valence-electron chi connectivity index (χ1n) is 4.86. The van der Waals surface area contributed by atoms with Crippen molar-refractivity contribution in [1.82, 2.24) is 0 Å². The highest BCUT2D eigenvalue weighted by Crippen LogP contribution is 2.29.